The largest absolute Gasteiger partial charge is 0.492 e. The van der Waals surface area contributed by atoms with Crippen molar-refractivity contribution >= 4 is 30.0 Å². The van der Waals surface area contributed by atoms with Crippen LogP contribution in [0.25, 0.3) is 0 Å². The summed E-state index contributed by atoms with van der Waals surface area (Å²) in [6, 6.07) is 13.7. The molecule has 0 atom stereocenters. The lowest BCUT2D eigenvalue weighted by atomic mass is 9.74. The molecule has 1 spiro atoms. The topological polar surface area (TPSA) is 59.0 Å². The van der Waals surface area contributed by atoms with Gasteiger partial charge < -0.3 is 19.5 Å². The maximum atomic E-state index is 10.8. The van der Waals surface area contributed by atoms with Gasteiger partial charge in [0.1, 0.15) is 18.1 Å². The first-order valence-corrected chi connectivity index (χ1v) is 10.0. The molecule has 1 N–H and O–H groups in total. The number of aliphatic carboxylic acids is 1. The quantitative estimate of drug-likeness (QED) is 0.718. The third kappa shape index (κ3) is 4.80. The number of halogens is 2. The Bertz CT molecular complexity index is 866. The van der Waals surface area contributed by atoms with Gasteiger partial charge in [-0.15, -0.1) is 12.4 Å². The zero-order valence-electron chi connectivity index (χ0n) is 16.1. The first-order valence-electron chi connectivity index (χ1n) is 9.63. The van der Waals surface area contributed by atoms with E-state index in [0.29, 0.717) is 24.8 Å². The van der Waals surface area contributed by atoms with Gasteiger partial charge in [-0.2, -0.15) is 0 Å². The predicted octanol–water partition coefficient (Wildman–Crippen LogP) is 4.54. The molecule has 0 saturated carbocycles. The summed E-state index contributed by atoms with van der Waals surface area (Å²) in [5.41, 5.74) is 2.17. The van der Waals surface area contributed by atoms with E-state index in [1.165, 1.54) is 5.56 Å². The van der Waals surface area contributed by atoms with E-state index < -0.39 is 5.97 Å². The Labute approximate surface area is 182 Å². The molecule has 2 aliphatic heterocycles. The first kappa shape index (κ1) is 21.8. The van der Waals surface area contributed by atoms with Crippen LogP contribution in [0, 0.1) is 0 Å². The molecule has 2 aromatic carbocycles. The molecular weight excluding hydrogens is 413 g/mol. The van der Waals surface area contributed by atoms with E-state index in [9.17, 15) is 4.79 Å². The van der Waals surface area contributed by atoms with Crippen molar-refractivity contribution in [3.63, 3.8) is 0 Å². The van der Waals surface area contributed by atoms with Crippen molar-refractivity contribution in [2.45, 2.75) is 31.3 Å². The average Bonchev–Trinajstić information content (AvgIpc) is 3.05. The first-order chi connectivity index (χ1) is 13.6. The molecule has 0 bridgehead atoms. The summed E-state index contributed by atoms with van der Waals surface area (Å²) in [4.78, 5) is 13.0. The van der Waals surface area contributed by atoms with Gasteiger partial charge in [0.05, 0.1) is 13.0 Å². The van der Waals surface area contributed by atoms with Crippen molar-refractivity contribution in [3.05, 3.63) is 58.6 Å². The second-order valence-electron chi connectivity index (χ2n) is 7.59. The standard InChI is InChI=1S/C22H24ClNO4.ClH/c23-19-4-2-1-3-16(19)14-27-17-5-6-20-18(13-17)22(15-28-20)8-11-24(12-9-22)10-7-21(25)26;/h1-6,13H,7-12,14-15H2,(H,25,26);1H. The van der Waals surface area contributed by atoms with Gasteiger partial charge in [-0.3, -0.25) is 4.79 Å². The van der Waals surface area contributed by atoms with E-state index in [2.05, 4.69) is 11.0 Å². The van der Waals surface area contributed by atoms with Gasteiger partial charge in [0.2, 0.25) is 0 Å². The van der Waals surface area contributed by atoms with Crippen LogP contribution in [0.4, 0.5) is 0 Å². The highest BCUT2D eigenvalue weighted by Crippen LogP contribution is 2.46. The Hall–Kier alpha value is -1.95. The lowest BCUT2D eigenvalue weighted by Crippen LogP contribution is -2.44. The lowest BCUT2D eigenvalue weighted by Gasteiger charge is -2.38. The molecule has 0 aromatic heterocycles. The molecule has 29 heavy (non-hydrogen) atoms. The predicted molar refractivity (Wildman–Crippen MR) is 115 cm³/mol. The van der Waals surface area contributed by atoms with Gasteiger partial charge >= 0.3 is 5.97 Å². The Morgan fingerprint density at radius 3 is 2.69 bits per heavy atom. The number of carboxylic acid groups (broad SMARTS) is 1. The summed E-state index contributed by atoms with van der Waals surface area (Å²) in [7, 11) is 0. The molecule has 7 heteroatoms. The molecular formula is C22H25Cl2NO4. The molecule has 2 heterocycles. The summed E-state index contributed by atoms with van der Waals surface area (Å²) in [6.07, 6.45) is 2.13. The Morgan fingerprint density at radius 1 is 1.21 bits per heavy atom. The number of benzene rings is 2. The number of hydrogen-bond donors (Lipinski definition) is 1. The zero-order chi connectivity index (χ0) is 19.6. The molecule has 0 aliphatic carbocycles. The van der Waals surface area contributed by atoms with E-state index in [1.807, 2.05) is 36.4 Å². The van der Waals surface area contributed by atoms with E-state index in [0.717, 1.165) is 43.0 Å². The van der Waals surface area contributed by atoms with E-state index in [1.54, 1.807) is 0 Å². The van der Waals surface area contributed by atoms with Crippen LogP contribution in [0.3, 0.4) is 0 Å². The van der Waals surface area contributed by atoms with Crippen LogP contribution in [0.5, 0.6) is 11.5 Å². The third-order valence-electron chi connectivity index (χ3n) is 5.83. The molecule has 2 aliphatic rings. The smallest absolute Gasteiger partial charge is 0.304 e. The van der Waals surface area contributed by atoms with Crippen molar-refractivity contribution in [2.24, 2.45) is 0 Å². The molecule has 5 nitrogen and oxygen atoms in total. The zero-order valence-corrected chi connectivity index (χ0v) is 17.7. The lowest BCUT2D eigenvalue weighted by molar-refractivity contribution is -0.137. The van der Waals surface area contributed by atoms with Gasteiger partial charge in [-0.1, -0.05) is 29.8 Å². The molecule has 0 unspecified atom stereocenters. The molecule has 0 radical (unpaired) electrons. The number of carbonyl (C=O) groups is 1. The van der Waals surface area contributed by atoms with Gasteiger partial charge in [-0.05, 0) is 50.2 Å². The van der Waals surface area contributed by atoms with E-state index >= 15 is 0 Å². The minimum absolute atomic E-state index is 0. The second kappa shape index (κ2) is 9.24. The third-order valence-corrected chi connectivity index (χ3v) is 6.20. The fourth-order valence-corrected chi connectivity index (χ4v) is 4.27. The summed E-state index contributed by atoms with van der Waals surface area (Å²) < 4.78 is 12.0. The Morgan fingerprint density at radius 2 is 1.97 bits per heavy atom. The van der Waals surface area contributed by atoms with Crippen LogP contribution < -0.4 is 9.47 Å². The van der Waals surface area contributed by atoms with Gasteiger partial charge in [-0.25, -0.2) is 0 Å². The van der Waals surface area contributed by atoms with Crippen molar-refractivity contribution in [1.82, 2.24) is 4.90 Å². The SMILES string of the molecule is Cl.O=C(O)CCN1CCC2(CC1)COc1ccc(OCc3ccccc3Cl)cc12. The minimum atomic E-state index is -0.741. The molecule has 1 fully saturated rings. The van der Waals surface area contributed by atoms with Gasteiger partial charge in [0, 0.05) is 28.1 Å². The molecule has 2 aromatic rings. The molecule has 156 valence electrons. The van der Waals surface area contributed by atoms with E-state index in [4.69, 9.17) is 26.2 Å². The second-order valence-corrected chi connectivity index (χ2v) is 8.00. The van der Waals surface area contributed by atoms with Crippen LogP contribution >= 0.6 is 24.0 Å². The average molecular weight is 438 g/mol. The number of piperidine rings is 1. The summed E-state index contributed by atoms with van der Waals surface area (Å²) in [6.45, 7) is 3.50. The van der Waals surface area contributed by atoms with Crippen LogP contribution in [-0.2, 0) is 16.8 Å². The van der Waals surface area contributed by atoms with Crippen LogP contribution in [0.1, 0.15) is 30.4 Å². The van der Waals surface area contributed by atoms with E-state index in [-0.39, 0.29) is 24.2 Å². The van der Waals surface area contributed by atoms with Gasteiger partial charge in [0.15, 0.2) is 0 Å². The normalized spacial score (nSPS) is 17.3. The molecule has 4 rings (SSSR count). The number of hydrogen-bond acceptors (Lipinski definition) is 4. The monoisotopic (exact) mass is 437 g/mol. The number of ether oxygens (including phenoxy) is 2. The van der Waals surface area contributed by atoms with Crippen molar-refractivity contribution < 1.29 is 19.4 Å². The summed E-state index contributed by atoms with van der Waals surface area (Å²) in [5.74, 6) is 1.01. The highest BCUT2D eigenvalue weighted by Gasteiger charge is 2.43. The van der Waals surface area contributed by atoms with Gasteiger partial charge in [0.25, 0.3) is 0 Å². The summed E-state index contributed by atoms with van der Waals surface area (Å²) >= 11 is 6.22. The fourth-order valence-electron chi connectivity index (χ4n) is 4.08. The molecule has 0 amide bonds. The highest BCUT2D eigenvalue weighted by molar-refractivity contribution is 6.31. The molecule has 1 saturated heterocycles. The van der Waals surface area contributed by atoms with Crippen molar-refractivity contribution in [2.75, 3.05) is 26.2 Å². The highest BCUT2D eigenvalue weighted by atomic mass is 35.5. The summed E-state index contributed by atoms with van der Waals surface area (Å²) in [5, 5.41) is 9.60. The maximum absolute atomic E-state index is 10.8. The Kier molecular flexibility index (Phi) is 6.93. The van der Waals surface area contributed by atoms with Crippen molar-refractivity contribution in [3.8, 4) is 11.5 Å². The maximum Gasteiger partial charge on any atom is 0.304 e. The minimum Gasteiger partial charge on any atom is -0.492 e. The number of carboxylic acids is 1. The van der Waals surface area contributed by atoms with Crippen molar-refractivity contribution in [1.29, 1.82) is 0 Å². The number of likely N-dealkylation sites (tertiary alicyclic amines) is 1. The van der Waals surface area contributed by atoms with Crippen LogP contribution in [-0.4, -0.2) is 42.2 Å². The van der Waals surface area contributed by atoms with Crippen LogP contribution in [0.2, 0.25) is 5.02 Å². The van der Waals surface area contributed by atoms with Crippen LogP contribution in [0.15, 0.2) is 42.5 Å². The Balaban J connectivity index is 0.00000240. The number of rotatable bonds is 6. The number of nitrogens with zero attached hydrogens (tertiary/aromatic N) is 1. The fraction of sp³-hybridized carbons (Fsp3) is 0.409. The number of fused-ring (bicyclic) bond motifs is 2.